The van der Waals surface area contributed by atoms with Gasteiger partial charge in [-0.3, -0.25) is 14.7 Å². The van der Waals surface area contributed by atoms with E-state index in [0.29, 0.717) is 16.1 Å². The molecule has 0 radical (unpaired) electrons. The minimum Gasteiger partial charge on any atom is -0.331 e. The summed E-state index contributed by atoms with van der Waals surface area (Å²) in [7, 11) is 0. The number of fused-ring (bicyclic) bond motifs is 1. The molecular formula is C21H23ClN4O2. The monoisotopic (exact) mass is 398 g/mol. The summed E-state index contributed by atoms with van der Waals surface area (Å²) >= 11 is 6.24. The van der Waals surface area contributed by atoms with Gasteiger partial charge in [0.15, 0.2) is 0 Å². The van der Waals surface area contributed by atoms with Crippen LogP contribution in [0.4, 0.5) is 0 Å². The first-order valence-corrected chi connectivity index (χ1v) is 9.95. The summed E-state index contributed by atoms with van der Waals surface area (Å²) in [5.41, 5.74) is 3.47. The second kappa shape index (κ2) is 7.43. The first kappa shape index (κ1) is 18.7. The van der Waals surface area contributed by atoms with Gasteiger partial charge in [0.1, 0.15) is 0 Å². The van der Waals surface area contributed by atoms with Crippen LogP contribution in [0.5, 0.6) is 0 Å². The molecule has 1 fully saturated rings. The topological polar surface area (TPSA) is 81.8 Å². The molecule has 7 heteroatoms. The molecular weight excluding hydrogens is 376 g/mol. The minimum atomic E-state index is -0.132. The number of benzene rings is 1. The maximum Gasteiger partial charge on any atom is 0.255 e. The third-order valence-corrected chi connectivity index (χ3v) is 5.82. The fraction of sp³-hybridized carbons (Fsp3) is 0.381. The number of hydrogen-bond acceptors (Lipinski definition) is 3. The predicted molar refractivity (Wildman–Crippen MR) is 110 cm³/mol. The lowest BCUT2D eigenvalue weighted by atomic mass is 10.0. The van der Waals surface area contributed by atoms with E-state index in [9.17, 15) is 9.59 Å². The lowest BCUT2D eigenvalue weighted by Gasteiger charge is -2.30. The van der Waals surface area contributed by atoms with Crippen LogP contribution in [0.15, 0.2) is 29.2 Å². The molecule has 28 heavy (non-hydrogen) atoms. The predicted octanol–water partition coefficient (Wildman–Crippen LogP) is 4.11. The van der Waals surface area contributed by atoms with E-state index in [1.165, 1.54) is 0 Å². The van der Waals surface area contributed by atoms with Gasteiger partial charge in [-0.15, -0.1) is 0 Å². The molecule has 0 saturated heterocycles. The lowest BCUT2D eigenvalue weighted by Crippen LogP contribution is -2.40. The minimum absolute atomic E-state index is 0.111. The van der Waals surface area contributed by atoms with Crippen molar-refractivity contribution in [1.29, 1.82) is 0 Å². The average molecular weight is 399 g/mol. The van der Waals surface area contributed by atoms with Crippen molar-refractivity contribution in [3.05, 3.63) is 62.2 Å². The number of amides is 1. The highest BCUT2D eigenvalue weighted by Crippen LogP contribution is 2.29. The molecule has 0 aliphatic heterocycles. The first-order chi connectivity index (χ1) is 13.4. The summed E-state index contributed by atoms with van der Waals surface area (Å²) in [4.78, 5) is 30.9. The molecule has 1 amide bonds. The Kier molecular flexibility index (Phi) is 4.98. The Morgan fingerprint density at radius 1 is 1.25 bits per heavy atom. The zero-order valence-corrected chi connectivity index (χ0v) is 16.8. The fourth-order valence-corrected chi connectivity index (χ4v) is 4.40. The van der Waals surface area contributed by atoms with Crippen molar-refractivity contribution in [2.45, 2.75) is 52.1 Å². The summed E-state index contributed by atoms with van der Waals surface area (Å²) < 4.78 is 0. The third-order valence-electron chi connectivity index (χ3n) is 5.60. The lowest BCUT2D eigenvalue weighted by molar-refractivity contribution is 0.0665. The van der Waals surface area contributed by atoms with E-state index in [-0.39, 0.29) is 24.1 Å². The molecule has 0 unspecified atom stereocenters. The van der Waals surface area contributed by atoms with Crippen LogP contribution in [-0.4, -0.2) is 32.0 Å². The maximum atomic E-state index is 13.6. The molecule has 2 heterocycles. The number of hydrogen-bond donors (Lipinski definition) is 2. The highest BCUT2D eigenvalue weighted by molar-refractivity contribution is 6.32. The molecule has 2 N–H and O–H groups in total. The van der Waals surface area contributed by atoms with Crippen molar-refractivity contribution in [1.82, 2.24) is 20.1 Å². The molecule has 3 aromatic rings. The normalized spacial score (nSPS) is 14.7. The van der Waals surface area contributed by atoms with Crippen molar-refractivity contribution < 1.29 is 4.79 Å². The van der Waals surface area contributed by atoms with E-state index in [2.05, 4.69) is 15.2 Å². The molecule has 0 atom stereocenters. The standard InChI is InChI=1S/C21H23ClN4O2/c1-12-7-13(2)24-20(27)18(12)11-26(15-5-3-4-6-15)21(28)16-8-14(22)9-19-17(16)10-23-25-19/h7-10,15H,3-6,11H2,1-2H3,(H,23,25)(H,24,27). The van der Waals surface area contributed by atoms with E-state index in [1.807, 2.05) is 24.8 Å². The van der Waals surface area contributed by atoms with Crippen LogP contribution in [0.25, 0.3) is 10.9 Å². The highest BCUT2D eigenvalue weighted by Gasteiger charge is 2.30. The number of rotatable bonds is 4. The van der Waals surface area contributed by atoms with Crippen molar-refractivity contribution in [2.75, 3.05) is 0 Å². The first-order valence-electron chi connectivity index (χ1n) is 9.57. The number of aromatic nitrogens is 3. The number of halogens is 1. The van der Waals surface area contributed by atoms with Crippen molar-refractivity contribution in [3.8, 4) is 0 Å². The number of nitrogens with zero attached hydrogens (tertiary/aromatic N) is 2. The van der Waals surface area contributed by atoms with Crippen LogP contribution in [0.1, 0.15) is 52.9 Å². The molecule has 1 saturated carbocycles. The Bertz CT molecular complexity index is 1100. The summed E-state index contributed by atoms with van der Waals surface area (Å²) in [5.74, 6) is -0.111. The van der Waals surface area contributed by atoms with E-state index < -0.39 is 0 Å². The van der Waals surface area contributed by atoms with Gasteiger partial charge in [-0.1, -0.05) is 24.4 Å². The Morgan fingerprint density at radius 3 is 2.71 bits per heavy atom. The van der Waals surface area contributed by atoms with Gasteiger partial charge in [-0.2, -0.15) is 5.10 Å². The number of aromatic amines is 2. The van der Waals surface area contributed by atoms with Gasteiger partial charge < -0.3 is 9.88 Å². The highest BCUT2D eigenvalue weighted by atomic mass is 35.5. The van der Waals surface area contributed by atoms with Gasteiger partial charge in [-0.05, 0) is 50.5 Å². The summed E-state index contributed by atoms with van der Waals surface area (Å²) in [5, 5.41) is 8.16. The Morgan fingerprint density at radius 2 is 2.00 bits per heavy atom. The zero-order chi connectivity index (χ0) is 19.8. The molecule has 1 aromatic carbocycles. The molecule has 1 aliphatic carbocycles. The maximum absolute atomic E-state index is 13.6. The number of carbonyl (C=O) groups is 1. The quantitative estimate of drug-likeness (QED) is 0.693. The molecule has 4 rings (SSSR count). The number of aryl methyl sites for hydroxylation is 2. The average Bonchev–Trinajstić information content (AvgIpc) is 3.31. The van der Waals surface area contributed by atoms with Crippen LogP contribution in [0.2, 0.25) is 5.02 Å². The van der Waals surface area contributed by atoms with E-state index >= 15 is 0 Å². The van der Waals surface area contributed by atoms with Gasteiger partial charge in [0.05, 0.1) is 23.8 Å². The Balaban J connectivity index is 1.77. The zero-order valence-electron chi connectivity index (χ0n) is 16.0. The third kappa shape index (κ3) is 3.44. The van der Waals surface area contributed by atoms with Crippen LogP contribution < -0.4 is 5.56 Å². The smallest absolute Gasteiger partial charge is 0.255 e. The van der Waals surface area contributed by atoms with E-state index in [0.717, 1.165) is 47.8 Å². The van der Waals surface area contributed by atoms with Crippen molar-refractivity contribution in [2.24, 2.45) is 0 Å². The second-order valence-electron chi connectivity index (χ2n) is 7.60. The van der Waals surface area contributed by atoms with Gasteiger partial charge in [-0.25, -0.2) is 0 Å². The molecule has 2 aromatic heterocycles. The number of carbonyl (C=O) groups excluding carboxylic acids is 1. The molecule has 0 bridgehead atoms. The summed E-state index contributed by atoms with van der Waals surface area (Å²) in [6.07, 6.45) is 5.73. The number of nitrogens with one attached hydrogen (secondary N) is 2. The second-order valence-corrected chi connectivity index (χ2v) is 8.04. The van der Waals surface area contributed by atoms with Crippen LogP contribution >= 0.6 is 11.6 Å². The fourth-order valence-electron chi connectivity index (χ4n) is 4.18. The number of H-pyrrole nitrogens is 2. The van der Waals surface area contributed by atoms with Crippen molar-refractivity contribution in [3.63, 3.8) is 0 Å². The summed E-state index contributed by atoms with van der Waals surface area (Å²) in [6.45, 7) is 4.07. The number of pyridine rings is 1. The van der Waals surface area contributed by atoms with Crippen LogP contribution in [0.3, 0.4) is 0 Å². The van der Waals surface area contributed by atoms with Gasteiger partial charge in [0.2, 0.25) is 0 Å². The van der Waals surface area contributed by atoms with Crippen LogP contribution in [0, 0.1) is 13.8 Å². The van der Waals surface area contributed by atoms with Crippen LogP contribution in [-0.2, 0) is 6.54 Å². The van der Waals surface area contributed by atoms with E-state index in [4.69, 9.17) is 11.6 Å². The Hall–Kier alpha value is -2.60. The molecule has 146 valence electrons. The Labute approximate surface area is 167 Å². The molecule has 0 spiro atoms. The SMILES string of the molecule is Cc1cc(C)c(CN(C(=O)c2cc(Cl)cc3[nH]ncc23)C2CCCC2)c(=O)[nH]1. The summed E-state index contributed by atoms with van der Waals surface area (Å²) in [6, 6.07) is 5.51. The van der Waals surface area contributed by atoms with Gasteiger partial charge >= 0.3 is 0 Å². The molecule has 6 nitrogen and oxygen atoms in total. The largest absolute Gasteiger partial charge is 0.331 e. The van der Waals surface area contributed by atoms with Crippen molar-refractivity contribution >= 4 is 28.4 Å². The molecule has 1 aliphatic rings. The van der Waals surface area contributed by atoms with Gasteiger partial charge in [0, 0.05) is 27.7 Å². The van der Waals surface area contributed by atoms with Gasteiger partial charge in [0.25, 0.3) is 11.5 Å². The van der Waals surface area contributed by atoms with E-state index in [1.54, 1.807) is 18.3 Å².